The summed E-state index contributed by atoms with van der Waals surface area (Å²) >= 11 is 0. The number of benzene rings is 1. The zero-order chi connectivity index (χ0) is 12.9. The van der Waals surface area contributed by atoms with Crippen LogP contribution < -0.4 is 4.90 Å². The first-order chi connectivity index (χ1) is 8.58. The second-order valence-electron chi connectivity index (χ2n) is 5.67. The highest BCUT2D eigenvalue weighted by Crippen LogP contribution is 2.45. The number of nitrogens with zero attached hydrogens (tertiary/aromatic N) is 1. The van der Waals surface area contributed by atoms with Crippen LogP contribution in [0.15, 0.2) is 18.2 Å². The highest BCUT2D eigenvalue weighted by Gasteiger charge is 2.43. The summed E-state index contributed by atoms with van der Waals surface area (Å²) in [7, 11) is 0. The molecule has 1 amide bonds. The number of hydrogen-bond acceptors (Lipinski definition) is 1. The maximum Gasteiger partial charge on any atom is 0.224 e. The molecule has 0 saturated heterocycles. The predicted octanol–water partition coefficient (Wildman–Crippen LogP) is 3.15. The van der Waals surface area contributed by atoms with Crippen LogP contribution in [0.2, 0.25) is 0 Å². The van der Waals surface area contributed by atoms with Crippen molar-refractivity contribution in [2.45, 2.75) is 39.2 Å². The van der Waals surface area contributed by atoms with Crippen molar-refractivity contribution in [1.29, 1.82) is 0 Å². The first-order valence-electron chi connectivity index (χ1n) is 6.66. The lowest BCUT2D eigenvalue weighted by molar-refractivity contribution is -0.117. The number of rotatable bonds is 1. The molecule has 1 heterocycles. The molecular formula is C15H18FNO. The van der Waals surface area contributed by atoms with E-state index in [4.69, 9.17) is 0 Å². The van der Waals surface area contributed by atoms with Gasteiger partial charge in [0.1, 0.15) is 5.82 Å². The van der Waals surface area contributed by atoms with Gasteiger partial charge in [0.05, 0.1) is 5.69 Å². The van der Waals surface area contributed by atoms with Crippen LogP contribution in [0.3, 0.4) is 0 Å². The number of halogens is 1. The predicted molar refractivity (Wildman–Crippen MR) is 68.9 cm³/mol. The van der Waals surface area contributed by atoms with Gasteiger partial charge in [-0.3, -0.25) is 4.79 Å². The molecule has 3 heteroatoms. The molecule has 0 radical (unpaired) electrons. The summed E-state index contributed by atoms with van der Waals surface area (Å²) in [5.41, 5.74) is 1.88. The third kappa shape index (κ3) is 1.82. The summed E-state index contributed by atoms with van der Waals surface area (Å²) < 4.78 is 13.4. The molecule has 0 spiro atoms. The standard InChI is InChI=1S/C15H18FNO/c1-9-7-12-5-6-13(16)8-14(12)17(10(2)18)15(9)11-3-4-11/h5-6,8-9,11,15H,3-4,7H2,1-2H3/t9-,15-/m1/s1. The van der Waals surface area contributed by atoms with Gasteiger partial charge < -0.3 is 4.90 Å². The third-order valence-electron chi connectivity index (χ3n) is 4.17. The van der Waals surface area contributed by atoms with E-state index in [9.17, 15) is 9.18 Å². The van der Waals surface area contributed by atoms with E-state index in [-0.39, 0.29) is 17.8 Å². The number of fused-ring (bicyclic) bond motifs is 1. The molecule has 0 bridgehead atoms. The molecule has 3 rings (SSSR count). The van der Waals surface area contributed by atoms with E-state index in [1.165, 1.54) is 25.0 Å². The molecule has 0 N–H and O–H groups in total. The normalized spacial score (nSPS) is 26.9. The number of anilines is 1. The Morgan fingerprint density at radius 3 is 2.72 bits per heavy atom. The van der Waals surface area contributed by atoms with Crippen LogP contribution in [0.25, 0.3) is 0 Å². The van der Waals surface area contributed by atoms with Crippen molar-refractivity contribution in [2.75, 3.05) is 4.90 Å². The molecule has 1 saturated carbocycles. The van der Waals surface area contributed by atoms with Crippen LogP contribution in [0, 0.1) is 17.7 Å². The monoisotopic (exact) mass is 247 g/mol. The highest BCUT2D eigenvalue weighted by atomic mass is 19.1. The molecule has 2 atom stereocenters. The lowest BCUT2D eigenvalue weighted by Gasteiger charge is -2.41. The van der Waals surface area contributed by atoms with Gasteiger partial charge in [0.2, 0.25) is 5.91 Å². The molecule has 96 valence electrons. The molecule has 0 aromatic heterocycles. The van der Waals surface area contributed by atoms with Gasteiger partial charge in [-0.05, 0) is 48.8 Å². The zero-order valence-corrected chi connectivity index (χ0v) is 10.8. The smallest absolute Gasteiger partial charge is 0.224 e. The second-order valence-corrected chi connectivity index (χ2v) is 5.67. The van der Waals surface area contributed by atoms with Gasteiger partial charge in [-0.2, -0.15) is 0 Å². The minimum atomic E-state index is -0.260. The van der Waals surface area contributed by atoms with Crippen molar-refractivity contribution in [1.82, 2.24) is 0 Å². The van der Waals surface area contributed by atoms with Crippen molar-refractivity contribution < 1.29 is 9.18 Å². The highest BCUT2D eigenvalue weighted by molar-refractivity contribution is 5.93. The molecule has 2 nitrogen and oxygen atoms in total. The molecule has 1 aliphatic heterocycles. The van der Waals surface area contributed by atoms with E-state index in [1.807, 2.05) is 11.0 Å². The summed E-state index contributed by atoms with van der Waals surface area (Å²) in [4.78, 5) is 13.8. The van der Waals surface area contributed by atoms with Crippen molar-refractivity contribution in [3.8, 4) is 0 Å². The van der Waals surface area contributed by atoms with Crippen LogP contribution in [0.1, 0.15) is 32.3 Å². The summed E-state index contributed by atoms with van der Waals surface area (Å²) in [5, 5.41) is 0. The first-order valence-corrected chi connectivity index (χ1v) is 6.66. The van der Waals surface area contributed by atoms with Gasteiger partial charge in [0.25, 0.3) is 0 Å². The Balaban J connectivity index is 2.08. The average molecular weight is 247 g/mol. The minimum Gasteiger partial charge on any atom is -0.309 e. The topological polar surface area (TPSA) is 20.3 Å². The summed E-state index contributed by atoms with van der Waals surface area (Å²) in [6.45, 7) is 3.79. The zero-order valence-electron chi connectivity index (χ0n) is 10.8. The van der Waals surface area contributed by atoms with E-state index < -0.39 is 0 Å². The fourth-order valence-electron chi connectivity index (χ4n) is 3.31. The fraction of sp³-hybridized carbons (Fsp3) is 0.533. The first kappa shape index (κ1) is 11.7. The molecular weight excluding hydrogens is 229 g/mol. The van der Waals surface area contributed by atoms with Gasteiger partial charge in [0.15, 0.2) is 0 Å². The molecule has 1 aliphatic carbocycles. The molecule has 1 fully saturated rings. The van der Waals surface area contributed by atoms with Gasteiger partial charge in [-0.1, -0.05) is 13.0 Å². The van der Waals surface area contributed by atoms with Crippen molar-refractivity contribution >= 4 is 11.6 Å². The Kier molecular flexibility index (Phi) is 2.65. The van der Waals surface area contributed by atoms with Gasteiger partial charge in [-0.25, -0.2) is 4.39 Å². The summed E-state index contributed by atoms with van der Waals surface area (Å²) in [6, 6.07) is 5.08. The average Bonchev–Trinajstić information content (AvgIpc) is 3.11. The number of hydrogen-bond donors (Lipinski definition) is 0. The Labute approximate surface area is 107 Å². The van der Waals surface area contributed by atoms with Gasteiger partial charge >= 0.3 is 0 Å². The van der Waals surface area contributed by atoms with Crippen LogP contribution in [0.4, 0.5) is 10.1 Å². The van der Waals surface area contributed by atoms with Gasteiger partial charge in [-0.15, -0.1) is 0 Å². The molecule has 1 aromatic carbocycles. The van der Waals surface area contributed by atoms with Crippen molar-refractivity contribution in [3.63, 3.8) is 0 Å². The molecule has 1 aromatic rings. The minimum absolute atomic E-state index is 0.0327. The largest absolute Gasteiger partial charge is 0.309 e. The quantitative estimate of drug-likeness (QED) is 0.746. The summed E-state index contributed by atoms with van der Waals surface area (Å²) in [6.07, 6.45) is 3.34. The summed E-state index contributed by atoms with van der Waals surface area (Å²) in [5.74, 6) is 0.842. The Morgan fingerprint density at radius 2 is 2.11 bits per heavy atom. The van der Waals surface area contributed by atoms with E-state index in [2.05, 4.69) is 6.92 Å². The molecule has 0 unspecified atom stereocenters. The van der Waals surface area contributed by atoms with Crippen LogP contribution in [-0.4, -0.2) is 11.9 Å². The van der Waals surface area contributed by atoms with Gasteiger partial charge in [0, 0.05) is 13.0 Å². The lowest BCUT2D eigenvalue weighted by Crippen LogP contribution is -2.48. The molecule has 18 heavy (non-hydrogen) atoms. The lowest BCUT2D eigenvalue weighted by atomic mass is 9.84. The number of carbonyl (C=O) groups excluding carboxylic acids is 1. The van der Waals surface area contributed by atoms with Crippen molar-refractivity contribution in [2.24, 2.45) is 11.8 Å². The van der Waals surface area contributed by atoms with E-state index in [0.29, 0.717) is 11.8 Å². The Morgan fingerprint density at radius 1 is 1.39 bits per heavy atom. The number of amides is 1. The second kappa shape index (κ2) is 4.08. The maximum absolute atomic E-state index is 13.4. The third-order valence-corrected chi connectivity index (χ3v) is 4.17. The molecule has 2 aliphatic rings. The van der Waals surface area contributed by atoms with Crippen molar-refractivity contribution in [3.05, 3.63) is 29.6 Å². The Bertz CT molecular complexity index is 495. The van der Waals surface area contributed by atoms with Crippen LogP contribution >= 0.6 is 0 Å². The van der Waals surface area contributed by atoms with E-state index >= 15 is 0 Å². The maximum atomic E-state index is 13.4. The SMILES string of the molecule is CC(=O)N1c2cc(F)ccc2C[C@@H](C)[C@@H]1C1CC1. The van der Waals surface area contributed by atoms with Crippen LogP contribution in [-0.2, 0) is 11.2 Å². The Hall–Kier alpha value is -1.38. The number of carbonyl (C=O) groups is 1. The van der Waals surface area contributed by atoms with E-state index in [0.717, 1.165) is 17.7 Å². The van der Waals surface area contributed by atoms with Crippen LogP contribution in [0.5, 0.6) is 0 Å². The fourth-order valence-corrected chi connectivity index (χ4v) is 3.31. The van der Waals surface area contributed by atoms with E-state index in [1.54, 1.807) is 6.92 Å².